The van der Waals surface area contributed by atoms with Crippen molar-refractivity contribution in [2.45, 2.75) is 6.04 Å². The van der Waals surface area contributed by atoms with E-state index in [4.69, 9.17) is 17.4 Å². The zero-order chi connectivity index (χ0) is 12.4. The maximum Gasteiger partial charge on any atom is 0.153 e. The lowest BCUT2D eigenvalue weighted by molar-refractivity contribution is 0.559. The molecule has 0 spiro atoms. The number of pyridine rings is 1. The lowest BCUT2D eigenvalue weighted by Crippen LogP contribution is -2.31. The first-order valence-electron chi connectivity index (χ1n) is 4.76. The van der Waals surface area contributed by atoms with Crippen LogP contribution in [0.3, 0.4) is 0 Å². The summed E-state index contributed by atoms with van der Waals surface area (Å²) in [6.45, 7) is 0. The second kappa shape index (κ2) is 5.09. The topological polar surface area (TPSA) is 81.7 Å². The number of hydrogen-bond donors (Lipinski definition) is 2. The monoisotopic (exact) mass is 316 g/mol. The molecule has 2 aromatic rings. The lowest BCUT2D eigenvalue weighted by atomic mass is 10.1. The SMILES string of the molecule is Cn1nnc(Br)c1C(NN)c1ccc(Cl)cn1. The maximum atomic E-state index is 5.79. The molecule has 90 valence electrons. The normalized spacial score (nSPS) is 12.7. The van der Waals surface area contributed by atoms with E-state index in [2.05, 4.69) is 36.7 Å². The Morgan fingerprint density at radius 1 is 1.53 bits per heavy atom. The average molecular weight is 318 g/mol. The number of aromatic nitrogens is 4. The van der Waals surface area contributed by atoms with Gasteiger partial charge in [-0.05, 0) is 28.1 Å². The molecule has 0 bridgehead atoms. The lowest BCUT2D eigenvalue weighted by Gasteiger charge is -2.15. The van der Waals surface area contributed by atoms with Crippen LogP contribution < -0.4 is 11.3 Å². The van der Waals surface area contributed by atoms with Crippen molar-refractivity contribution in [1.29, 1.82) is 0 Å². The molecule has 0 amide bonds. The summed E-state index contributed by atoms with van der Waals surface area (Å²) in [5, 5.41) is 8.38. The molecule has 6 nitrogen and oxygen atoms in total. The van der Waals surface area contributed by atoms with E-state index in [-0.39, 0.29) is 6.04 Å². The van der Waals surface area contributed by atoms with Crippen LogP contribution >= 0.6 is 27.5 Å². The molecule has 3 N–H and O–H groups in total. The van der Waals surface area contributed by atoms with Crippen LogP contribution in [0.25, 0.3) is 0 Å². The second-order valence-electron chi connectivity index (χ2n) is 3.39. The Morgan fingerprint density at radius 3 is 2.76 bits per heavy atom. The first-order chi connectivity index (χ1) is 8.13. The Kier molecular flexibility index (Phi) is 3.72. The average Bonchev–Trinajstić information content (AvgIpc) is 2.64. The van der Waals surface area contributed by atoms with Crippen molar-refractivity contribution in [3.63, 3.8) is 0 Å². The first-order valence-corrected chi connectivity index (χ1v) is 5.93. The van der Waals surface area contributed by atoms with Crippen LogP contribution in [0.4, 0.5) is 0 Å². The minimum absolute atomic E-state index is 0.304. The third kappa shape index (κ3) is 2.47. The van der Waals surface area contributed by atoms with Crippen molar-refractivity contribution >= 4 is 27.5 Å². The second-order valence-corrected chi connectivity index (χ2v) is 4.58. The highest BCUT2D eigenvalue weighted by molar-refractivity contribution is 9.10. The molecule has 2 rings (SSSR count). The van der Waals surface area contributed by atoms with Crippen molar-refractivity contribution < 1.29 is 0 Å². The van der Waals surface area contributed by atoms with Crippen LogP contribution in [0.5, 0.6) is 0 Å². The standard InChI is InChI=1S/C9H10BrClN6/c1-17-8(9(10)15-16-17)7(14-12)6-3-2-5(11)4-13-6/h2-4,7,14H,12H2,1H3. The van der Waals surface area contributed by atoms with E-state index in [0.29, 0.717) is 9.63 Å². The molecule has 0 radical (unpaired) electrons. The molecule has 8 heteroatoms. The molecule has 17 heavy (non-hydrogen) atoms. The highest BCUT2D eigenvalue weighted by Crippen LogP contribution is 2.25. The summed E-state index contributed by atoms with van der Waals surface area (Å²) < 4.78 is 2.25. The summed E-state index contributed by atoms with van der Waals surface area (Å²) in [5.74, 6) is 5.56. The molecular formula is C9H10BrClN6. The van der Waals surface area contributed by atoms with Gasteiger partial charge in [0.25, 0.3) is 0 Å². The third-order valence-corrected chi connectivity index (χ3v) is 3.10. The quantitative estimate of drug-likeness (QED) is 0.656. The smallest absolute Gasteiger partial charge is 0.153 e. The molecule has 2 aromatic heterocycles. The summed E-state index contributed by atoms with van der Waals surface area (Å²) in [4.78, 5) is 4.22. The van der Waals surface area contributed by atoms with Gasteiger partial charge < -0.3 is 0 Å². The minimum atomic E-state index is -0.304. The molecule has 1 unspecified atom stereocenters. The van der Waals surface area contributed by atoms with Gasteiger partial charge in [-0.1, -0.05) is 16.8 Å². The van der Waals surface area contributed by atoms with Crippen molar-refractivity contribution in [2.24, 2.45) is 12.9 Å². The summed E-state index contributed by atoms with van der Waals surface area (Å²) in [6, 6.07) is 3.25. The molecule has 0 saturated heterocycles. The van der Waals surface area contributed by atoms with Gasteiger partial charge in [0.15, 0.2) is 4.60 Å². The largest absolute Gasteiger partial charge is 0.270 e. The van der Waals surface area contributed by atoms with E-state index in [1.807, 2.05) is 0 Å². The first kappa shape index (κ1) is 12.4. The minimum Gasteiger partial charge on any atom is -0.270 e. The predicted molar refractivity (Wildman–Crippen MR) is 67.1 cm³/mol. The molecule has 0 saturated carbocycles. The highest BCUT2D eigenvalue weighted by atomic mass is 79.9. The number of nitrogens with zero attached hydrogens (tertiary/aromatic N) is 4. The molecule has 2 heterocycles. The van der Waals surface area contributed by atoms with Gasteiger partial charge in [0.2, 0.25) is 0 Å². The molecule has 0 aliphatic rings. The highest BCUT2D eigenvalue weighted by Gasteiger charge is 2.21. The van der Waals surface area contributed by atoms with Crippen molar-refractivity contribution in [2.75, 3.05) is 0 Å². The summed E-state index contributed by atoms with van der Waals surface area (Å²) >= 11 is 9.12. The summed E-state index contributed by atoms with van der Waals surface area (Å²) in [6.07, 6.45) is 1.57. The van der Waals surface area contributed by atoms with Crippen LogP contribution in [0.15, 0.2) is 22.9 Å². The van der Waals surface area contributed by atoms with Gasteiger partial charge >= 0.3 is 0 Å². The van der Waals surface area contributed by atoms with Crippen LogP contribution in [-0.4, -0.2) is 20.0 Å². The number of hydrogen-bond acceptors (Lipinski definition) is 5. The molecule has 0 aliphatic heterocycles. The Bertz CT molecular complexity index is 491. The van der Waals surface area contributed by atoms with Gasteiger partial charge in [-0.25, -0.2) is 10.1 Å². The number of hydrazine groups is 1. The Labute approximate surface area is 111 Å². The molecule has 1 atom stereocenters. The predicted octanol–water partition coefficient (Wildman–Crippen LogP) is 1.18. The van der Waals surface area contributed by atoms with Crippen LogP contribution in [0.1, 0.15) is 17.4 Å². The van der Waals surface area contributed by atoms with Crippen LogP contribution in [-0.2, 0) is 7.05 Å². The Morgan fingerprint density at radius 2 is 2.29 bits per heavy atom. The summed E-state index contributed by atoms with van der Waals surface area (Å²) in [5.41, 5.74) is 4.22. The number of nitrogens with one attached hydrogen (secondary N) is 1. The fraction of sp³-hybridized carbons (Fsp3) is 0.222. The van der Waals surface area contributed by atoms with Crippen LogP contribution in [0.2, 0.25) is 5.02 Å². The number of aryl methyl sites for hydroxylation is 1. The molecule has 0 fully saturated rings. The van der Waals surface area contributed by atoms with E-state index in [1.165, 1.54) is 0 Å². The van der Waals surface area contributed by atoms with E-state index in [0.717, 1.165) is 11.4 Å². The number of nitrogens with two attached hydrogens (primary N) is 1. The van der Waals surface area contributed by atoms with Gasteiger partial charge in [-0.15, -0.1) is 5.10 Å². The van der Waals surface area contributed by atoms with E-state index in [1.54, 1.807) is 30.1 Å². The van der Waals surface area contributed by atoms with Crippen molar-refractivity contribution in [3.8, 4) is 0 Å². The molecular weight excluding hydrogens is 307 g/mol. The fourth-order valence-corrected chi connectivity index (χ4v) is 2.18. The van der Waals surface area contributed by atoms with E-state index >= 15 is 0 Å². The fourth-order valence-electron chi connectivity index (χ4n) is 1.51. The number of rotatable bonds is 3. The van der Waals surface area contributed by atoms with E-state index in [9.17, 15) is 0 Å². The van der Waals surface area contributed by atoms with Gasteiger partial charge in [0.05, 0.1) is 16.4 Å². The zero-order valence-electron chi connectivity index (χ0n) is 8.93. The summed E-state index contributed by atoms with van der Waals surface area (Å²) in [7, 11) is 1.79. The Hall–Kier alpha value is -1.02. The maximum absolute atomic E-state index is 5.79. The van der Waals surface area contributed by atoms with Gasteiger partial charge in [-0.3, -0.25) is 10.8 Å². The van der Waals surface area contributed by atoms with Crippen LogP contribution in [0, 0.1) is 0 Å². The van der Waals surface area contributed by atoms with E-state index < -0.39 is 0 Å². The van der Waals surface area contributed by atoms with Crippen molar-refractivity contribution in [3.05, 3.63) is 39.3 Å². The molecule has 0 aromatic carbocycles. The number of halogens is 2. The zero-order valence-corrected chi connectivity index (χ0v) is 11.3. The molecule has 0 aliphatic carbocycles. The van der Waals surface area contributed by atoms with Gasteiger partial charge in [0, 0.05) is 13.2 Å². The van der Waals surface area contributed by atoms with Gasteiger partial charge in [0.1, 0.15) is 6.04 Å². The van der Waals surface area contributed by atoms with Gasteiger partial charge in [-0.2, -0.15) is 0 Å². The third-order valence-electron chi connectivity index (χ3n) is 2.31. The van der Waals surface area contributed by atoms with Crippen molar-refractivity contribution in [1.82, 2.24) is 25.4 Å². The Balaban J connectivity index is 2.43.